The van der Waals surface area contributed by atoms with Gasteiger partial charge in [0.1, 0.15) is 18.0 Å². The van der Waals surface area contributed by atoms with Crippen LogP contribution in [0.3, 0.4) is 0 Å². The van der Waals surface area contributed by atoms with E-state index in [1.807, 2.05) is 4.90 Å². The molecule has 0 radical (unpaired) electrons. The average Bonchev–Trinajstić information content (AvgIpc) is 3.28. The fraction of sp³-hybridized carbons (Fsp3) is 0.526. The maximum absolute atomic E-state index is 13.4. The molecule has 2 amide bonds. The number of rotatable bonds is 5. The van der Waals surface area contributed by atoms with Crippen molar-refractivity contribution in [3.8, 4) is 0 Å². The van der Waals surface area contributed by atoms with E-state index in [2.05, 4.69) is 15.5 Å². The largest absolute Gasteiger partial charge is 0.343 e. The molecule has 2 fully saturated rings. The van der Waals surface area contributed by atoms with Gasteiger partial charge in [0.25, 0.3) is 0 Å². The second-order valence-electron chi connectivity index (χ2n) is 7.91. The Labute approximate surface area is 166 Å². The van der Waals surface area contributed by atoms with Crippen molar-refractivity contribution in [3.63, 3.8) is 0 Å². The Bertz CT molecular complexity index is 876. The Hall–Kier alpha value is -2.91. The zero-order chi connectivity index (χ0) is 20.4. The van der Waals surface area contributed by atoms with E-state index in [0.717, 1.165) is 18.9 Å². The molecule has 0 N–H and O–H groups in total. The van der Waals surface area contributed by atoms with Gasteiger partial charge in [-0.25, -0.2) is 13.5 Å². The van der Waals surface area contributed by atoms with Gasteiger partial charge in [-0.05, 0) is 41.0 Å². The molecule has 2 aliphatic heterocycles. The van der Waals surface area contributed by atoms with Crippen molar-refractivity contribution in [2.75, 3.05) is 19.6 Å². The molecule has 8 nitrogen and oxygen atoms in total. The van der Waals surface area contributed by atoms with Crippen molar-refractivity contribution in [1.82, 2.24) is 30.0 Å². The molecule has 29 heavy (non-hydrogen) atoms. The van der Waals surface area contributed by atoms with Gasteiger partial charge in [-0.1, -0.05) is 0 Å². The summed E-state index contributed by atoms with van der Waals surface area (Å²) in [5.41, 5.74) is 0.276. The molecule has 2 aromatic rings. The van der Waals surface area contributed by atoms with Crippen molar-refractivity contribution in [3.05, 3.63) is 41.7 Å². The Morgan fingerprint density at radius 3 is 2.52 bits per heavy atom. The molecule has 4 rings (SSSR count). The second kappa shape index (κ2) is 7.84. The summed E-state index contributed by atoms with van der Waals surface area (Å²) >= 11 is 0. The molecule has 154 valence electrons. The fourth-order valence-electron chi connectivity index (χ4n) is 4.26. The van der Waals surface area contributed by atoms with E-state index in [0.29, 0.717) is 44.6 Å². The SMILES string of the molecule is O=C(CCn1cnnn1)N1CCC2(CC1)CC(=O)N(Cc1cc(F)cc(F)c1)C2. The van der Waals surface area contributed by atoms with Crippen LogP contribution in [-0.4, -0.2) is 61.5 Å². The smallest absolute Gasteiger partial charge is 0.224 e. The first-order valence-electron chi connectivity index (χ1n) is 9.64. The van der Waals surface area contributed by atoms with E-state index in [1.54, 1.807) is 4.90 Å². The van der Waals surface area contributed by atoms with Gasteiger partial charge in [0.2, 0.25) is 11.8 Å². The van der Waals surface area contributed by atoms with Gasteiger partial charge < -0.3 is 9.80 Å². The Kier molecular flexibility index (Phi) is 5.25. The van der Waals surface area contributed by atoms with Crippen LogP contribution in [0.15, 0.2) is 24.5 Å². The third-order valence-electron chi connectivity index (χ3n) is 5.82. The number of carbonyl (C=O) groups excluding carboxylic acids is 2. The minimum Gasteiger partial charge on any atom is -0.343 e. The first-order chi connectivity index (χ1) is 13.9. The molecule has 0 saturated carbocycles. The molecule has 2 aliphatic rings. The number of halogens is 2. The Balaban J connectivity index is 1.31. The highest BCUT2D eigenvalue weighted by Gasteiger charge is 2.45. The number of hydrogen-bond donors (Lipinski definition) is 0. The third kappa shape index (κ3) is 4.41. The molecule has 1 spiro atoms. The number of nitrogens with zero attached hydrogens (tertiary/aromatic N) is 6. The predicted octanol–water partition coefficient (Wildman–Crippen LogP) is 1.38. The normalized spacial score (nSPS) is 18.6. The zero-order valence-corrected chi connectivity index (χ0v) is 15.9. The van der Waals surface area contributed by atoms with Crippen LogP contribution in [0.2, 0.25) is 0 Å². The van der Waals surface area contributed by atoms with Gasteiger partial charge in [-0.2, -0.15) is 0 Å². The number of carbonyl (C=O) groups is 2. The number of tetrazole rings is 1. The van der Waals surface area contributed by atoms with Crippen LogP contribution < -0.4 is 0 Å². The lowest BCUT2D eigenvalue weighted by Crippen LogP contribution is -2.44. The standard InChI is InChI=1S/C19H22F2N6O2/c20-15-7-14(8-16(21)9-15)11-26-12-19(10-18(26)29)2-5-25(6-3-19)17(28)1-4-27-13-22-23-24-27/h7-9,13H,1-6,10-12H2. The highest BCUT2D eigenvalue weighted by Crippen LogP contribution is 2.41. The molecule has 3 heterocycles. The summed E-state index contributed by atoms with van der Waals surface area (Å²) in [6.45, 7) is 2.39. The van der Waals surface area contributed by atoms with Gasteiger partial charge in [-0.15, -0.1) is 5.10 Å². The van der Waals surface area contributed by atoms with E-state index < -0.39 is 11.6 Å². The van der Waals surface area contributed by atoms with Crippen LogP contribution in [0.25, 0.3) is 0 Å². The Morgan fingerprint density at radius 2 is 1.86 bits per heavy atom. The van der Waals surface area contributed by atoms with Gasteiger partial charge in [-0.3, -0.25) is 9.59 Å². The lowest BCUT2D eigenvalue weighted by Gasteiger charge is -2.38. The quantitative estimate of drug-likeness (QED) is 0.752. The lowest BCUT2D eigenvalue weighted by atomic mass is 9.77. The Morgan fingerprint density at radius 1 is 1.14 bits per heavy atom. The zero-order valence-electron chi connectivity index (χ0n) is 15.9. The summed E-state index contributed by atoms with van der Waals surface area (Å²) in [5.74, 6) is -1.25. The van der Waals surface area contributed by atoms with Crippen molar-refractivity contribution in [2.45, 2.75) is 38.8 Å². The molecular formula is C19H22F2N6O2. The van der Waals surface area contributed by atoms with Crippen molar-refractivity contribution in [2.24, 2.45) is 5.41 Å². The number of aryl methyl sites for hydroxylation is 1. The van der Waals surface area contributed by atoms with E-state index >= 15 is 0 Å². The summed E-state index contributed by atoms with van der Waals surface area (Å²) in [6, 6.07) is 3.34. The van der Waals surface area contributed by atoms with E-state index in [-0.39, 0.29) is 23.8 Å². The number of amides is 2. The molecule has 0 aliphatic carbocycles. The van der Waals surface area contributed by atoms with E-state index in [9.17, 15) is 18.4 Å². The van der Waals surface area contributed by atoms with Crippen LogP contribution in [-0.2, 0) is 22.7 Å². The predicted molar refractivity (Wildman–Crippen MR) is 97.1 cm³/mol. The number of likely N-dealkylation sites (tertiary alicyclic amines) is 2. The van der Waals surface area contributed by atoms with Crippen LogP contribution in [0.4, 0.5) is 8.78 Å². The maximum Gasteiger partial charge on any atom is 0.224 e. The second-order valence-corrected chi connectivity index (χ2v) is 7.91. The summed E-state index contributed by atoms with van der Waals surface area (Å²) in [5, 5.41) is 10.8. The van der Waals surface area contributed by atoms with Crippen LogP contribution in [0.5, 0.6) is 0 Å². The molecule has 0 atom stereocenters. The van der Waals surface area contributed by atoms with E-state index in [4.69, 9.17) is 0 Å². The molecular weight excluding hydrogens is 382 g/mol. The summed E-state index contributed by atoms with van der Waals surface area (Å²) in [4.78, 5) is 28.4. The highest BCUT2D eigenvalue weighted by molar-refractivity contribution is 5.80. The molecule has 0 unspecified atom stereocenters. The average molecular weight is 404 g/mol. The summed E-state index contributed by atoms with van der Waals surface area (Å²) in [7, 11) is 0. The van der Waals surface area contributed by atoms with Gasteiger partial charge in [0, 0.05) is 50.5 Å². The van der Waals surface area contributed by atoms with Crippen molar-refractivity contribution < 1.29 is 18.4 Å². The van der Waals surface area contributed by atoms with Crippen molar-refractivity contribution in [1.29, 1.82) is 0 Å². The molecule has 1 aromatic carbocycles. The van der Waals surface area contributed by atoms with Gasteiger partial charge >= 0.3 is 0 Å². The van der Waals surface area contributed by atoms with Gasteiger partial charge in [0.05, 0.1) is 6.54 Å². The van der Waals surface area contributed by atoms with E-state index in [1.165, 1.54) is 23.1 Å². The van der Waals surface area contributed by atoms with Crippen molar-refractivity contribution >= 4 is 11.8 Å². The molecule has 1 aromatic heterocycles. The molecule has 2 saturated heterocycles. The molecule has 10 heteroatoms. The summed E-state index contributed by atoms with van der Waals surface area (Å²) < 4.78 is 28.4. The number of hydrogen-bond acceptors (Lipinski definition) is 5. The van der Waals surface area contributed by atoms with Crippen LogP contribution in [0, 0.1) is 17.0 Å². The monoisotopic (exact) mass is 404 g/mol. The first-order valence-corrected chi connectivity index (χ1v) is 9.64. The minimum absolute atomic E-state index is 0.00636. The highest BCUT2D eigenvalue weighted by atomic mass is 19.1. The van der Waals surface area contributed by atoms with Crippen LogP contribution in [0.1, 0.15) is 31.2 Å². The first kappa shape index (κ1) is 19.4. The number of piperidine rings is 1. The minimum atomic E-state index is -0.644. The maximum atomic E-state index is 13.4. The fourth-order valence-corrected chi connectivity index (χ4v) is 4.26. The van der Waals surface area contributed by atoms with Gasteiger partial charge in [0.15, 0.2) is 0 Å². The number of benzene rings is 1. The topological polar surface area (TPSA) is 84.2 Å². The third-order valence-corrected chi connectivity index (χ3v) is 5.82. The molecule has 0 bridgehead atoms. The number of aromatic nitrogens is 4. The summed E-state index contributed by atoms with van der Waals surface area (Å²) in [6.07, 6.45) is 3.69. The lowest BCUT2D eigenvalue weighted by molar-refractivity contribution is -0.133. The van der Waals surface area contributed by atoms with Crippen LogP contribution >= 0.6 is 0 Å².